The van der Waals surface area contributed by atoms with Crippen molar-refractivity contribution in [2.75, 3.05) is 13.2 Å². The molecular weight excluding hydrogens is 208 g/mol. The first kappa shape index (κ1) is 10.4. The van der Waals surface area contributed by atoms with Crippen molar-refractivity contribution in [1.82, 2.24) is 0 Å². The van der Waals surface area contributed by atoms with Gasteiger partial charge in [0.25, 0.3) is 0 Å². The van der Waals surface area contributed by atoms with E-state index in [0.29, 0.717) is 13.2 Å². The smallest absolute Gasteiger partial charge is 0.191 e. The summed E-state index contributed by atoms with van der Waals surface area (Å²) in [6.45, 7) is 4.96. The Kier molecular flexibility index (Phi) is 2.21. The zero-order chi connectivity index (χ0) is 11.3. The van der Waals surface area contributed by atoms with Crippen LogP contribution in [0.3, 0.4) is 0 Å². The number of hydrogen-bond donors (Lipinski definition) is 0. The molecule has 2 fully saturated rings. The molecule has 4 atom stereocenters. The first-order valence-corrected chi connectivity index (χ1v) is 5.79. The maximum absolute atomic E-state index is 12.1. The van der Waals surface area contributed by atoms with Crippen LogP contribution in [0.25, 0.3) is 0 Å². The van der Waals surface area contributed by atoms with E-state index in [1.165, 1.54) is 0 Å². The molecule has 2 saturated heterocycles. The Balaban J connectivity index is 1.95. The molecule has 0 spiro atoms. The lowest BCUT2D eigenvalue weighted by Gasteiger charge is -2.42. The molecule has 0 saturated carbocycles. The van der Waals surface area contributed by atoms with Gasteiger partial charge < -0.3 is 14.2 Å². The molecule has 3 rings (SSSR count). The molecule has 0 aromatic carbocycles. The number of rotatable bonds is 1. The molecule has 16 heavy (non-hydrogen) atoms. The SMILES string of the molecule is C[C@@H]1C(=O)[C@H](C)[C@H]2C=C[C@]1(C1OCCO1)O2. The molecule has 0 radical (unpaired) electrons. The van der Waals surface area contributed by atoms with Gasteiger partial charge in [0, 0.05) is 5.92 Å². The number of ketones is 1. The van der Waals surface area contributed by atoms with E-state index in [-0.39, 0.29) is 23.7 Å². The third-order valence-corrected chi connectivity index (χ3v) is 3.92. The van der Waals surface area contributed by atoms with Gasteiger partial charge >= 0.3 is 0 Å². The summed E-state index contributed by atoms with van der Waals surface area (Å²) >= 11 is 0. The molecule has 2 bridgehead atoms. The topological polar surface area (TPSA) is 44.8 Å². The van der Waals surface area contributed by atoms with Crippen LogP contribution in [0, 0.1) is 11.8 Å². The van der Waals surface area contributed by atoms with Gasteiger partial charge in [0.1, 0.15) is 11.4 Å². The molecule has 3 aliphatic rings. The predicted molar refractivity (Wildman–Crippen MR) is 55.8 cm³/mol. The van der Waals surface area contributed by atoms with Crippen LogP contribution in [0.5, 0.6) is 0 Å². The summed E-state index contributed by atoms with van der Waals surface area (Å²) in [5.74, 6) is -0.0378. The van der Waals surface area contributed by atoms with Crippen LogP contribution in [0.1, 0.15) is 13.8 Å². The molecule has 4 heteroatoms. The van der Waals surface area contributed by atoms with Crippen molar-refractivity contribution in [2.24, 2.45) is 11.8 Å². The summed E-state index contributed by atoms with van der Waals surface area (Å²) in [4.78, 5) is 12.1. The predicted octanol–water partition coefficient (Wildman–Crippen LogP) is 0.908. The number of ether oxygens (including phenoxy) is 3. The summed E-state index contributed by atoms with van der Waals surface area (Å²) in [6.07, 6.45) is 3.38. The molecule has 0 aromatic heterocycles. The molecule has 0 unspecified atom stereocenters. The fraction of sp³-hybridized carbons (Fsp3) is 0.750. The van der Waals surface area contributed by atoms with E-state index < -0.39 is 11.9 Å². The standard InChI is InChI=1S/C12H16O4/c1-7-9-3-4-12(16-9,8(2)10(7)13)11-14-5-6-15-11/h3-4,7-9,11H,5-6H2,1-2H3/t7-,8-,9-,12+/m1/s1. The second-order valence-corrected chi connectivity index (χ2v) is 4.78. The molecule has 88 valence electrons. The fourth-order valence-electron chi connectivity index (χ4n) is 2.81. The van der Waals surface area contributed by atoms with Crippen LogP contribution >= 0.6 is 0 Å². The Hall–Kier alpha value is -0.710. The first-order chi connectivity index (χ1) is 7.65. The van der Waals surface area contributed by atoms with E-state index >= 15 is 0 Å². The van der Waals surface area contributed by atoms with E-state index in [4.69, 9.17) is 14.2 Å². The Morgan fingerprint density at radius 2 is 2.00 bits per heavy atom. The third-order valence-electron chi connectivity index (χ3n) is 3.92. The van der Waals surface area contributed by atoms with Crippen LogP contribution in [0.2, 0.25) is 0 Å². The summed E-state index contributed by atoms with van der Waals surface area (Å²) in [5, 5.41) is 0. The maximum atomic E-state index is 12.1. The Labute approximate surface area is 94.5 Å². The maximum Gasteiger partial charge on any atom is 0.191 e. The number of hydrogen-bond acceptors (Lipinski definition) is 4. The highest BCUT2D eigenvalue weighted by Crippen LogP contribution is 2.45. The van der Waals surface area contributed by atoms with Gasteiger partial charge in [0.05, 0.1) is 25.2 Å². The van der Waals surface area contributed by atoms with Crippen LogP contribution in [0.4, 0.5) is 0 Å². The van der Waals surface area contributed by atoms with Crippen LogP contribution in [-0.2, 0) is 19.0 Å². The van der Waals surface area contributed by atoms with E-state index in [9.17, 15) is 4.79 Å². The monoisotopic (exact) mass is 224 g/mol. The van der Waals surface area contributed by atoms with Crippen LogP contribution < -0.4 is 0 Å². The van der Waals surface area contributed by atoms with Gasteiger partial charge in [-0.15, -0.1) is 0 Å². The largest absolute Gasteiger partial charge is 0.357 e. The van der Waals surface area contributed by atoms with Gasteiger partial charge in [0.2, 0.25) is 0 Å². The minimum absolute atomic E-state index is 0.0664. The molecule has 0 aromatic rings. The van der Waals surface area contributed by atoms with Gasteiger partial charge in [-0.3, -0.25) is 4.79 Å². The minimum Gasteiger partial charge on any atom is -0.357 e. The number of carbonyl (C=O) groups is 1. The highest BCUT2D eigenvalue weighted by atomic mass is 16.7. The lowest BCUT2D eigenvalue weighted by atomic mass is 9.79. The first-order valence-electron chi connectivity index (χ1n) is 5.79. The van der Waals surface area contributed by atoms with Crippen LogP contribution in [-0.4, -0.2) is 37.0 Å². The molecule has 0 amide bonds. The van der Waals surface area contributed by atoms with Crippen molar-refractivity contribution in [1.29, 1.82) is 0 Å². The lowest BCUT2D eigenvalue weighted by Crippen LogP contribution is -2.56. The van der Waals surface area contributed by atoms with Crippen molar-refractivity contribution in [3.8, 4) is 0 Å². The Morgan fingerprint density at radius 3 is 2.69 bits per heavy atom. The quantitative estimate of drug-likeness (QED) is 0.621. The molecule has 0 aliphatic carbocycles. The Morgan fingerprint density at radius 1 is 1.31 bits per heavy atom. The van der Waals surface area contributed by atoms with E-state index in [0.717, 1.165) is 0 Å². The fourth-order valence-corrected chi connectivity index (χ4v) is 2.81. The molecule has 3 aliphatic heterocycles. The van der Waals surface area contributed by atoms with Gasteiger partial charge in [0.15, 0.2) is 6.29 Å². The van der Waals surface area contributed by atoms with Crippen LogP contribution in [0.15, 0.2) is 12.2 Å². The van der Waals surface area contributed by atoms with Gasteiger partial charge in [-0.25, -0.2) is 0 Å². The Bertz CT molecular complexity index is 345. The highest BCUT2D eigenvalue weighted by molar-refractivity contribution is 5.86. The second-order valence-electron chi connectivity index (χ2n) is 4.78. The van der Waals surface area contributed by atoms with Crippen molar-refractivity contribution >= 4 is 5.78 Å². The molecule has 4 nitrogen and oxygen atoms in total. The van der Waals surface area contributed by atoms with E-state index in [1.807, 2.05) is 26.0 Å². The molecule has 3 heterocycles. The van der Waals surface area contributed by atoms with Crippen molar-refractivity contribution in [2.45, 2.75) is 31.8 Å². The minimum atomic E-state index is -0.690. The van der Waals surface area contributed by atoms with E-state index in [1.54, 1.807) is 0 Å². The molecular formula is C12H16O4. The lowest BCUT2D eigenvalue weighted by molar-refractivity contribution is -0.225. The zero-order valence-corrected chi connectivity index (χ0v) is 9.51. The van der Waals surface area contributed by atoms with E-state index in [2.05, 4.69) is 0 Å². The second kappa shape index (κ2) is 3.39. The number of carbonyl (C=O) groups excluding carboxylic acids is 1. The van der Waals surface area contributed by atoms with Crippen molar-refractivity contribution < 1.29 is 19.0 Å². The van der Waals surface area contributed by atoms with Crippen molar-refractivity contribution in [3.05, 3.63) is 12.2 Å². The highest BCUT2D eigenvalue weighted by Gasteiger charge is 2.58. The van der Waals surface area contributed by atoms with Gasteiger partial charge in [-0.05, 0) is 6.08 Å². The van der Waals surface area contributed by atoms with Gasteiger partial charge in [-0.2, -0.15) is 0 Å². The normalized spacial score (nSPS) is 47.9. The number of fused-ring (bicyclic) bond motifs is 2. The summed E-state index contributed by atoms with van der Waals surface area (Å²) < 4.78 is 17.0. The van der Waals surface area contributed by atoms with Gasteiger partial charge in [-0.1, -0.05) is 19.9 Å². The third kappa shape index (κ3) is 1.18. The zero-order valence-electron chi connectivity index (χ0n) is 9.51. The number of Topliss-reactive ketones (excluding diaryl/α,β-unsaturated/α-hetero) is 1. The average molecular weight is 224 g/mol. The molecule has 0 N–H and O–H groups in total. The summed E-state index contributed by atoms with van der Waals surface area (Å²) in [7, 11) is 0. The summed E-state index contributed by atoms with van der Waals surface area (Å²) in [5.41, 5.74) is -0.690. The average Bonchev–Trinajstić information content (AvgIpc) is 2.92. The summed E-state index contributed by atoms with van der Waals surface area (Å²) in [6, 6.07) is 0. The van der Waals surface area contributed by atoms with Crippen molar-refractivity contribution in [3.63, 3.8) is 0 Å².